The summed E-state index contributed by atoms with van der Waals surface area (Å²) < 4.78 is 20.1. The van der Waals surface area contributed by atoms with Gasteiger partial charge in [0.05, 0.1) is 30.7 Å². The lowest BCUT2D eigenvalue weighted by atomic mass is 9.71. The molecule has 2 N–H and O–H groups in total. The summed E-state index contributed by atoms with van der Waals surface area (Å²) in [6.07, 6.45) is 1.67. The summed E-state index contributed by atoms with van der Waals surface area (Å²) in [5.74, 6) is -2.18. The van der Waals surface area contributed by atoms with Crippen LogP contribution in [-0.4, -0.2) is 108 Å². The van der Waals surface area contributed by atoms with Gasteiger partial charge in [0.2, 0.25) is 11.8 Å². The van der Waals surface area contributed by atoms with Gasteiger partial charge >= 0.3 is 0 Å². The molecule has 0 bridgehead atoms. The molecule has 200 valence electrons. The molecule has 36 heavy (non-hydrogen) atoms. The van der Waals surface area contributed by atoms with Crippen molar-refractivity contribution < 1.29 is 28.9 Å². The Morgan fingerprint density at radius 3 is 2.03 bits per heavy atom. The molecule has 3 fully saturated rings. The largest absolute Gasteiger partial charge is 0.391 e. The van der Waals surface area contributed by atoms with E-state index in [9.17, 15) is 24.2 Å². The number of rotatable bonds is 6. The zero-order valence-corrected chi connectivity index (χ0v) is 21.4. The van der Waals surface area contributed by atoms with Crippen LogP contribution in [0.25, 0.3) is 0 Å². The molecule has 3 unspecified atom stereocenters. The van der Waals surface area contributed by atoms with Gasteiger partial charge in [-0.1, -0.05) is 12.1 Å². The van der Waals surface area contributed by atoms with Gasteiger partial charge in [-0.05, 0) is 49.8 Å². The maximum absolute atomic E-state index is 14.8. The summed E-state index contributed by atoms with van der Waals surface area (Å²) in [6, 6.07) is 4.89. The fraction of sp³-hybridized carbons (Fsp3) is 0.704. The highest BCUT2D eigenvalue weighted by Crippen LogP contribution is 2.41. The van der Waals surface area contributed by atoms with Crippen LogP contribution in [0.3, 0.4) is 0 Å². The Balaban J connectivity index is 1.74. The van der Waals surface area contributed by atoms with Crippen molar-refractivity contribution in [2.24, 2.45) is 11.8 Å². The first-order valence-corrected chi connectivity index (χ1v) is 13.2. The van der Waals surface area contributed by atoms with Crippen LogP contribution in [0.4, 0.5) is 4.39 Å². The van der Waals surface area contributed by atoms with E-state index in [1.807, 2.05) is 6.07 Å². The van der Waals surface area contributed by atoms with Gasteiger partial charge in [0, 0.05) is 58.8 Å². The highest BCUT2D eigenvalue weighted by atomic mass is 19.1. The van der Waals surface area contributed by atoms with Gasteiger partial charge in [-0.25, -0.2) is 4.39 Å². The Kier molecular flexibility index (Phi) is 8.98. The first kappa shape index (κ1) is 27.0. The van der Waals surface area contributed by atoms with Crippen molar-refractivity contribution in [1.82, 2.24) is 14.7 Å². The third kappa shape index (κ3) is 5.90. The number of likely N-dealkylation sites (tertiary alicyclic amines) is 3. The van der Waals surface area contributed by atoms with E-state index >= 15 is 0 Å². The standard InChI is InChI=1S/C27H40FN3O5/c1-18-21(8-3-9-24(18)28)25-22(26(34)30-10-4-6-19(32)14-30)16-29(12-13-36-2)17-23(25)27(35)31-11-5-7-20(33)15-31/h3,8-9,19-20,22-23,25,32-33H,4-7,10-17H2,1-2H3/t19-,20?,22?,23-,25?/m1/s1. The molecule has 9 heteroatoms. The van der Waals surface area contributed by atoms with E-state index in [1.165, 1.54) is 6.07 Å². The van der Waals surface area contributed by atoms with Crippen molar-refractivity contribution in [3.05, 3.63) is 35.1 Å². The summed E-state index contributed by atoms with van der Waals surface area (Å²) in [4.78, 5) is 33.5. The van der Waals surface area contributed by atoms with E-state index in [-0.39, 0.29) is 30.7 Å². The van der Waals surface area contributed by atoms with Gasteiger partial charge in [-0.3, -0.25) is 14.5 Å². The van der Waals surface area contributed by atoms with Crippen LogP contribution < -0.4 is 0 Å². The average Bonchev–Trinajstić information content (AvgIpc) is 2.88. The predicted molar refractivity (Wildman–Crippen MR) is 133 cm³/mol. The lowest BCUT2D eigenvalue weighted by molar-refractivity contribution is -0.148. The molecule has 2 amide bonds. The third-order valence-electron chi connectivity index (χ3n) is 8.11. The molecule has 0 saturated carbocycles. The van der Waals surface area contributed by atoms with E-state index in [0.29, 0.717) is 63.3 Å². The maximum Gasteiger partial charge on any atom is 0.227 e. The van der Waals surface area contributed by atoms with Crippen molar-refractivity contribution in [2.75, 3.05) is 59.5 Å². The van der Waals surface area contributed by atoms with Crippen molar-refractivity contribution in [3.63, 3.8) is 0 Å². The van der Waals surface area contributed by atoms with Gasteiger partial charge in [-0.15, -0.1) is 0 Å². The van der Waals surface area contributed by atoms with E-state index in [4.69, 9.17) is 4.74 Å². The Morgan fingerprint density at radius 1 is 0.972 bits per heavy atom. The van der Waals surface area contributed by atoms with Crippen LogP contribution in [0.2, 0.25) is 0 Å². The number of aliphatic hydroxyl groups excluding tert-OH is 2. The smallest absolute Gasteiger partial charge is 0.227 e. The number of hydrogen-bond donors (Lipinski definition) is 2. The fourth-order valence-corrected chi connectivity index (χ4v) is 6.20. The molecule has 3 aliphatic rings. The number of halogens is 1. The van der Waals surface area contributed by atoms with Gasteiger partial charge in [0.1, 0.15) is 5.82 Å². The Hall–Kier alpha value is -2.07. The fourth-order valence-electron chi connectivity index (χ4n) is 6.20. The number of methoxy groups -OCH3 is 1. The van der Waals surface area contributed by atoms with Gasteiger partial charge in [0.25, 0.3) is 0 Å². The number of carbonyl (C=O) groups is 2. The van der Waals surface area contributed by atoms with E-state index < -0.39 is 30.0 Å². The Morgan fingerprint density at radius 2 is 1.53 bits per heavy atom. The molecule has 1 aromatic rings. The maximum atomic E-state index is 14.8. The zero-order valence-electron chi connectivity index (χ0n) is 21.4. The van der Waals surface area contributed by atoms with Crippen molar-refractivity contribution in [2.45, 2.75) is 50.7 Å². The number of ether oxygens (including phenoxy) is 1. The van der Waals surface area contributed by atoms with Crippen LogP contribution in [0.1, 0.15) is 42.7 Å². The molecule has 4 rings (SSSR count). The molecule has 8 nitrogen and oxygen atoms in total. The number of carbonyl (C=O) groups excluding carboxylic acids is 2. The van der Waals surface area contributed by atoms with Gasteiger partial charge in [0.15, 0.2) is 0 Å². The number of nitrogens with zero attached hydrogens (tertiary/aromatic N) is 3. The molecule has 0 aliphatic carbocycles. The topological polar surface area (TPSA) is 93.6 Å². The van der Waals surface area contributed by atoms with Crippen molar-refractivity contribution in [1.29, 1.82) is 0 Å². The normalized spacial score (nSPS) is 29.9. The second kappa shape index (κ2) is 12.0. The van der Waals surface area contributed by atoms with Gasteiger partial charge in [-0.2, -0.15) is 0 Å². The quantitative estimate of drug-likeness (QED) is 0.607. The Labute approximate surface area is 213 Å². The van der Waals surface area contributed by atoms with Crippen LogP contribution >= 0.6 is 0 Å². The van der Waals surface area contributed by atoms with E-state index in [0.717, 1.165) is 12.8 Å². The summed E-state index contributed by atoms with van der Waals surface area (Å²) in [6.45, 7) is 5.30. The molecular weight excluding hydrogens is 465 g/mol. The summed E-state index contributed by atoms with van der Waals surface area (Å²) in [7, 11) is 1.62. The molecule has 3 aliphatic heterocycles. The van der Waals surface area contributed by atoms with Crippen LogP contribution in [-0.2, 0) is 14.3 Å². The molecule has 0 aromatic heterocycles. The number of hydrogen-bond acceptors (Lipinski definition) is 6. The first-order chi connectivity index (χ1) is 17.3. The van der Waals surface area contributed by atoms with E-state index in [2.05, 4.69) is 4.90 Å². The first-order valence-electron chi connectivity index (χ1n) is 13.2. The molecule has 0 spiro atoms. The lowest BCUT2D eigenvalue weighted by Crippen LogP contribution is -2.58. The number of benzene rings is 1. The summed E-state index contributed by atoms with van der Waals surface area (Å²) in [5, 5.41) is 20.5. The van der Waals surface area contributed by atoms with Crippen LogP contribution in [0, 0.1) is 24.6 Å². The highest BCUT2D eigenvalue weighted by Gasteiger charge is 2.48. The molecule has 5 atom stereocenters. The van der Waals surface area contributed by atoms with Crippen LogP contribution in [0.5, 0.6) is 0 Å². The number of piperidine rings is 3. The zero-order chi connectivity index (χ0) is 25.8. The lowest BCUT2D eigenvalue weighted by Gasteiger charge is -2.46. The van der Waals surface area contributed by atoms with E-state index in [1.54, 1.807) is 29.9 Å². The van der Waals surface area contributed by atoms with Gasteiger partial charge < -0.3 is 24.7 Å². The molecule has 0 radical (unpaired) electrons. The van der Waals surface area contributed by atoms with Crippen molar-refractivity contribution in [3.8, 4) is 0 Å². The SMILES string of the molecule is COCCN1CC(C(=O)N2CCC[C@@H](O)C2)C(c2cccc(F)c2C)[C@H](C(=O)N2CCCC(O)C2)C1. The summed E-state index contributed by atoms with van der Waals surface area (Å²) in [5.41, 5.74) is 1.15. The predicted octanol–water partition coefficient (Wildman–Crippen LogP) is 1.38. The minimum absolute atomic E-state index is 0.0963. The monoisotopic (exact) mass is 505 g/mol. The number of aliphatic hydroxyl groups is 2. The third-order valence-corrected chi connectivity index (χ3v) is 8.11. The molecular formula is C27H40FN3O5. The minimum Gasteiger partial charge on any atom is -0.391 e. The van der Waals surface area contributed by atoms with Crippen molar-refractivity contribution >= 4 is 11.8 Å². The molecule has 3 saturated heterocycles. The second-order valence-corrected chi connectivity index (χ2v) is 10.6. The molecule has 3 heterocycles. The number of amides is 2. The number of β-amino-alcohol motifs (C(OH)–C–C–N with tert-alkyl or cyclic N) is 2. The van der Waals surface area contributed by atoms with Crippen LogP contribution in [0.15, 0.2) is 18.2 Å². The average molecular weight is 506 g/mol. The highest BCUT2D eigenvalue weighted by molar-refractivity contribution is 5.85. The molecule has 1 aromatic carbocycles. The second-order valence-electron chi connectivity index (χ2n) is 10.6. The Bertz CT molecular complexity index is 887. The minimum atomic E-state index is -0.565. The summed E-state index contributed by atoms with van der Waals surface area (Å²) >= 11 is 0.